The molecule has 0 saturated heterocycles. The quantitative estimate of drug-likeness (QED) is 0.883. The minimum Gasteiger partial charge on any atom is -0.497 e. The zero-order chi connectivity index (χ0) is 15.1. The van der Waals surface area contributed by atoms with Crippen molar-refractivity contribution < 1.29 is 9.53 Å². The minimum absolute atomic E-state index is 0.0688. The van der Waals surface area contributed by atoms with Gasteiger partial charge in [0.1, 0.15) is 5.75 Å². The number of nitrogens with one attached hydrogen (secondary N) is 1. The molecule has 1 N–H and O–H groups in total. The Kier molecular flexibility index (Phi) is 5.38. The highest BCUT2D eigenvalue weighted by molar-refractivity contribution is 5.76. The zero-order valence-corrected chi connectivity index (χ0v) is 12.6. The van der Waals surface area contributed by atoms with E-state index in [-0.39, 0.29) is 5.91 Å². The first-order valence-corrected chi connectivity index (χ1v) is 7.12. The Hall–Kier alpha value is -2.29. The number of carbonyl (C=O) groups is 1. The van der Waals surface area contributed by atoms with Gasteiger partial charge in [-0.25, -0.2) is 0 Å². The van der Waals surface area contributed by atoms with Crippen LogP contribution < -0.4 is 10.1 Å². The van der Waals surface area contributed by atoms with Crippen LogP contribution in [0, 0.1) is 6.92 Å². The van der Waals surface area contributed by atoms with Gasteiger partial charge < -0.3 is 10.1 Å². The van der Waals surface area contributed by atoms with E-state index in [1.54, 1.807) is 7.11 Å². The van der Waals surface area contributed by atoms with Crippen LogP contribution in [0.5, 0.6) is 5.75 Å². The number of amides is 1. The molecule has 0 aliphatic carbocycles. The van der Waals surface area contributed by atoms with E-state index in [1.165, 1.54) is 5.56 Å². The molecule has 3 nitrogen and oxygen atoms in total. The highest BCUT2D eigenvalue weighted by Gasteiger charge is 2.03. The summed E-state index contributed by atoms with van der Waals surface area (Å²) in [5.41, 5.74) is 3.45. The molecule has 3 heteroatoms. The monoisotopic (exact) mass is 283 g/mol. The molecule has 0 fully saturated rings. The van der Waals surface area contributed by atoms with Crippen molar-refractivity contribution in [2.24, 2.45) is 0 Å². The molecule has 110 valence electrons. The Bertz CT molecular complexity index is 608. The lowest BCUT2D eigenvalue weighted by atomic mass is 10.1. The smallest absolute Gasteiger partial charge is 0.220 e. The van der Waals surface area contributed by atoms with Crippen LogP contribution in [0.2, 0.25) is 0 Å². The number of carbonyl (C=O) groups excluding carboxylic acids is 1. The Balaban J connectivity index is 1.79. The number of benzene rings is 2. The standard InChI is InChI=1S/C18H21NO2/c1-14-5-3-7-16(11-14)13-19-18(20)10-9-15-6-4-8-17(12-15)21-2/h3-8,11-12H,9-10,13H2,1-2H3,(H,19,20). The number of rotatable bonds is 6. The second-order valence-corrected chi connectivity index (χ2v) is 5.12. The summed E-state index contributed by atoms with van der Waals surface area (Å²) in [5, 5.41) is 2.95. The summed E-state index contributed by atoms with van der Waals surface area (Å²) in [7, 11) is 1.65. The molecule has 0 unspecified atom stereocenters. The highest BCUT2D eigenvalue weighted by Crippen LogP contribution is 2.13. The SMILES string of the molecule is COc1cccc(CCC(=O)NCc2cccc(C)c2)c1. The van der Waals surface area contributed by atoms with E-state index in [0.29, 0.717) is 13.0 Å². The Labute approximate surface area is 126 Å². The van der Waals surface area contributed by atoms with Crippen LogP contribution in [0.25, 0.3) is 0 Å². The third-order valence-electron chi connectivity index (χ3n) is 3.35. The van der Waals surface area contributed by atoms with Gasteiger partial charge in [0, 0.05) is 13.0 Å². The molecule has 2 aromatic rings. The number of ether oxygens (including phenoxy) is 1. The Morgan fingerprint density at radius 3 is 2.62 bits per heavy atom. The summed E-state index contributed by atoms with van der Waals surface area (Å²) in [4.78, 5) is 11.9. The van der Waals surface area contributed by atoms with Crippen molar-refractivity contribution in [3.05, 3.63) is 65.2 Å². The van der Waals surface area contributed by atoms with Gasteiger partial charge in [-0.05, 0) is 36.6 Å². The first-order valence-electron chi connectivity index (χ1n) is 7.12. The van der Waals surface area contributed by atoms with Gasteiger partial charge in [0.15, 0.2) is 0 Å². The maximum absolute atomic E-state index is 11.9. The lowest BCUT2D eigenvalue weighted by molar-refractivity contribution is -0.121. The van der Waals surface area contributed by atoms with Gasteiger partial charge in [-0.3, -0.25) is 4.79 Å². The van der Waals surface area contributed by atoms with Gasteiger partial charge in [0.25, 0.3) is 0 Å². The van der Waals surface area contributed by atoms with E-state index in [2.05, 4.69) is 11.4 Å². The molecule has 0 aromatic heterocycles. The van der Waals surface area contributed by atoms with Crippen LogP contribution in [0.4, 0.5) is 0 Å². The van der Waals surface area contributed by atoms with Crippen LogP contribution in [0.15, 0.2) is 48.5 Å². The molecule has 1 amide bonds. The topological polar surface area (TPSA) is 38.3 Å². The van der Waals surface area contributed by atoms with Crippen molar-refractivity contribution >= 4 is 5.91 Å². The number of hydrogen-bond acceptors (Lipinski definition) is 2. The zero-order valence-electron chi connectivity index (χ0n) is 12.6. The number of aryl methyl sites for hydroxylation is 2. The van der Waals surface area contributed by atoms with Crippen molar-refractivity contribution in [2.75, 3.05) is 7.11 Å². The van der Waals surface area contributed by atoms with Crippen LogP contribution >= 0.6 is 0 Å². The van der Waals surface area contributed by atoms with E-state index in [4.69, 9.17) is 4.74 Å². The van der Waals surface area contributed by atoms with Crippen molar-refractivity contribution in [1.29, 1.82) is 0 Å². The van der Waals surface area contributed by atoms with Gasteiger partial charge in [0.2, 0.25) is 5.91 Å². The molecule has 0 atom stereocenters. The third-order valence-corrected chi connectivity index (χ3v) is 3.35. The molecular weight excluding hydrogens is 262 g/mol. The van der Waals surface area contributed by atoms with Crippen molar-refractivity contribution in [3.63, 3.8) is 0 Å². The fourth-order valence-corrected chi connectivity index (χ4v) is 2.20. The third kappa shape index (κ3) is 4.95. The molecule has 2 rings (SSSR count). The second kappa shape index (κ2) is 7.48. The van der Waals surface area contributed by atoms with Gasteiger partial charge in [-0.2, -0.15) is 0 Å². The van der Waals surface area contributed by atoms with Crippen molar-refractivity contribution in [3.8, 4) is 5.75 Å². The lowest BCUT2D eigenvalue weighted by Gasteiger charge is -2.07. The van der Waals surface area contributed by atoms with Gasteiger partial charge in [-0.15, -0.1) is 0 Å². The first-order chi connectivity index (χ1) is 10.2. The molecule has 0 saturated carbocycles. The van der Waals surface area contributed by atoms with Crippen molar-refractivity contribution in [1.82, 2.24) is 5.32 Å². The molecular formula is C18H21NO2. The van der Waals surface area contributed by atoms with Crippen LogP contribution in [0.1, 0.15) is 23.1 Å². The van der Waals surface area contributed by atoms with E-state index >= 15 is 0 Å². The molecule has 21 heavy (non-hydrogen) atoms. The van der Waals surface area contributed by atoms with Gasteiger partial charge in [-0.1, -0.05) is 42.0 Å². The molecule has 0 bridgehead atoms. The molecule has 0 radical (unpaired) electrons. The molecule has 2 aromatic carbocycles. The maximum atomic E-state index is 11.9. The fourth-order valence-electron chi connectivity index (χ4n) is 2.20. The number of methoxy groups -OCH3 is 1. The van der Waals surface area contributed by atoms with E-state index < -0.39 is 0 Å². The Morgan fingerprint density at radius 1 is 1.10 bits per heavy atom. The predicted octanol–water partition coefficient (Wildman–Crippen LogP) is 3.25. The minimum atomic E-state index is 0.0688. The largest absolute Gasteiger partial charge is 0.497 e. The molecule has 0 heterocycles. The predicted molar refractivity (Wildman–Crippen MR) is 84.3 cm³/mol. The average Bonchev–Trinajstić information content (AvgIpc) is 2.51. The van der Waals surface area contributed by atoms with Gasteiger partial charge in [0.05, 0.1) is 7.11 Å². The maximum Gasteiger partial charge on any atom is 0.220 e. The molecule has 0 aliphatic heterocycles. The summed E-state index contributed by atoms with van der Waals surface area (Å²) in [6.07, 6.45) is 1.20. The Morgan fingerprint density at radius 2 is 1.86 bits per heavy atom. The summed E-state index contributed by atoms with van der Waals surface area (Å²) in [6.45, 7) is 2.63. The van der Waals surface area contributed by atoms with E-state index in [1.807, 2.05) is 49.4 Å². The summed E-state index contributed by atoms with van der Waals surface area (Å²) >= 11 is 0. The average molecular weight is 283 g/mol. The lowest BCUT2D eigenvalue weighted by Crippen LogP contribution is -2.23. The normalized spacial score (nSPS) is 10.2. The summed E-state index contributed by atoms with van der Waals surface area (Å²) in [5.74, 6) is 0.895. The van der Waals surface area contributed by atoms with Gasteiger partial charge >= 0.3 is 0 Å². The fraction of sp³-hybridized carbons (Fsp3) is 0.278. The summed E-state index contributed by atoms with van der Waals surface area (Å²) < 4.78 is 5.18. The first kappa shape index (κ1) is 15.1. The highest BCUT2D eigenvalue weighted by atomic mass is 16.5. The van der Waals surface area contributed by atoms with Crippen LogP contribution in [-0.4, -0.2) is 13.0 Å². The van der Waals surface area contributed by atoms with E-state index in [0.717, 1.165) is 23.3 Å². The van der Waals surface area contributed by atoms with E-state index in [9.17, 15) is 4.79 Å². The number of hydrogen-bond donors (Lipinski definition) is 1. The molecule has 0 spiro atoms. The van der Waals surface area contributed by atoms with Crippen LogP contribution in [-0.2, 0) is 17.8 Å². The van der Waals surface area contributed by atoms with Crippen molar-refractivity contribution in [2.45, 2.75) is 26.3 Å². The summed E-state index contributed by atoms with van der Waals surface area (Å²) in [6, 6.07) is 16.0. The van der Waals surface area contributed by atoms with Crippen LogP contribution in [0.3, 0.4) is 0 Å². The second-order valence-electron chi connectivity index (χ2n) is 5.12. The molecule has 0 aliphatic rings.